The second-order valence-corrected chi connectivity index (χ2v) is 4.27. The number of benzene rings is 1. The maximum absolute atomic E-state index is 11.9. The topological polar surface area (TPSA) is 48.5 Å². The van der Waals surface area contributed by atoms with Gasteiger partial charge >= 0.3 is 5.69 Å². The van der Waals surface area contributed by atoms with Crippen molar-refractivity contribution in [2.75, 3.05) is 0 Å². The van der Waals surface area contributed by atoms with E-state index in [2.05, 4.69) is 4.98 Å². The van der Waals surface area contributed by atoms with E-state index in [9.17, 15) is 4.79 Å². The van der Waals surface area contributed by atoms with Gasteiger partial charge in [0.25, 0.3) is 0 Å². The Hall–Kier alpha value is -2.56. The molecular formula is C14H13N3O2. The maximum atomic E-state index is 11.9. The molecule has 0 aliphatic heterocycles. The van der Waals surface area contributed by atoms with E-state index in [1.165, 1.54) is 8.97 Å². The van der Waals surface area contributed by atoms with Gasteiger partial charge in [-0.3, -0.25) is 4.40 Å². The number of aromatic nitrogens is 3. The van der Waals surface area contributed by atoms with E-state index in [1.807, 2.05) is 30.3 Å². The number of nitrogens with zero attached hydrogens (tertiary/aromatic N) is 3. The largest absolute Gasteiger partial charge is 0.487 e. The molecule has 96 valence electrons. The third kappa shape index (κ3) is 2.22. The van der Waals surface area contributed by atoms with Gasteiger partial charge in [0.15, 0.2) is 0 Å². The number of aryl methyl sites for hydroxylation is 1. The van der Waals surface area contributed by atoms with Gasteiger partial charge in [-0.25, -0.2) is 9.78 Å². The van der Waals surface area contributed by atoms with Crippen LogP contribution in [0.15, 0.2) is 53.6 Å². The normalized spacial score (nSPS) is 10.8. The molecule has 3 rings (SSSR count). The van der Waals surface area contributed by atoms with E-state index < -0.39 is 0 Å². The zero-order chi connectivity index (χ0) is 13.2. The van der Waals surface area contributed by atoms with Crippen molar-refractivity contribution >= 4 is 5.65 Å². The van der Waals surface area contributed by atoms with Gasteiger partial charge in [0.05, 0.1) is 5.69 Å². The first-order chi connectivity index (χ1) is 9.24. The first-order valence-electron chi connectivity index (χ1n) is 5.95. The molecule has 2 heterocycles. The first kappa shape index (κ1) is 11.5. The molecule has 0 radical (unpaired) electrons. The van der Waals surface area contributed by atoms with Gasteiger partial charge in [-0.1, -0.05) is 18.2 Å². The number of fused-ring (bicyclic) bond motifs is 1. The van der Waals surface area contributed by atoms with Crippen molar-refractivity contribution in [3.8, 4) is 5.75 Å². The summed E-state index contributed by atoms with van der Waals surface area (Å²) in [6.07, 6.45) is 3.41. The van der Waals surface area contributed by atoms with Crippen LogP contribution in [0.5, 0.6) is 5.75 Å². The summed E-state index contributed by atoms with van der Waals surface area (Å²) in [4.78, 5) is 16.2. The molecule has 0 bridgehead atoms. The molecule has 0 unspecified atom stereocenters. The van der Waals surface area contributed by atoms with E-state index in [-0.39, 0.29) is 5.69 Å². The average molecular weight is 255 g/mol. The Morgan fingerprint density at radius 1 is 1.21 bits per heavy atom. The summed E-state index contributed by atoms with van der Waals surface area (Å²) in [5, 5.41) is 0. The second-order valence-electron chi connectivity index (χ2n) is 4.27. The fourth-order valence-electron chi connectivity index (χ4n) is 1.87. The lowest BCUT2D eigenvalue weighted by Gasteiger charge is -2.02. The highest BCUT2D eigenvalue weighted by atomic mass is 16.5. The monoisotopic (exact) mass is 255 g/mol. The second kappa shape index (κ2) is 4.61. The number of imidazole rings is 1. The van der Waals surface area contributed by atoms with Crippen LogP contribution in [-0.2, 0) is 13.7 Å². The van der Waals surface area contributed by atoms with Crippen LogP contribution in [0, 0.1) is 0 Å². The van der Waals surface area contributed by atoms with E-state index in [0.29, 0.717) is 12.3 Å². The predicted molar refractivity (Wildman–Crippen MR) is 71.2 cm³/mol. The highest BCUT2D eigenvalue weighted by molar-refractivity contribution is 5.38. The zero-order valence-electron chi connectivity index (χ0n) is 10.5. The van der Waals surface area contributed by atoms with Crippen LogP contribution in [0.1, 0.15) is 5.69 Å². The third-order valence-electron chi connectivity index (χ3n) is 2.87. The van der Waals surface area contributed by atoms with Crippen molar-refractivity contribution in [3.05, 3.63) is 65.0 Å². The van der Waals surface area contributed by atoms with Crippen LogP contribution >= 0.6 is 0 Å². The molecule has 0 saturated heterocycles. The Morgan fingerprint density at radius 2 is 2.00 bits per heavy atom. The molecule has 19 heavy (non-hydrogen) atoms. The van der Waals surface area contributed by atoms with Crippen LogP contribution in [0.2, 0.25) is 0 Å². The van der Waals surface area contributed by atoms with Crippen LogP contribution in [0.25, 0.3) is 5.65 Å². The van der Waals surface area contributed by atoms with E-state index in [1.54, 1.807) is 25.5 Å². The van der Waals surface area contributed by atoms with Gasteiger partial charge in [-0.2, -0.15) is 0 Å². The molecule has 3 aromatic rings. The van der Waals surface area contributed by atoms with E-state index in [0.717, 1.165) is 11.4 Å². The average Bonchev–Trinajstić information content (AvgIpc) is 2.86. The Balaban J connectivity index is 1.86. The van der Waals surface area contributed by atoms with Gasteiger partial charge < -0.3 is 9.30 Å². The molecule has 0 spiro atoms. The van der Waals surface area contributed by atoms with Gasteiger partial charge in [0.2, 0.25) is 0 Å². The number of para-hydroxylation sites is 1. The van der Waals surface area contributed by atoms with Gasteiger partial charge in [0, 0.05) is 19.4 Å². The van der Waals surface area contributed by atoms with Crippen molar-refractivity contribution in [3.63, 3.8) is 0 Å². The van der Waals surface area contributed by atoms with Crippen molar-refractivity contribution in [2.24, 2.45) is 7.05 Å². The Morgan fingerprint density at radius 3 is 2.79 bits per heavy atom. The lowest BCUT2D eigenvalue weighted by molar-refractivity contribution is 0.302. The van der Waals surface area contributed by atoms with Gasteiger partial charge in [-0.15, -0.1) is 0 Å². The highest BCUT2D eigenvalue weighted by Gasteiger charge is 2.05. The third-order valence-corrected chi connectivity index (χ3v) is 2.87. The van der Waals surface area contributed by atoms with Crippen molar-refractivity contribution in [2.45, 2.75) is 6.61 Å². The molecule has 0 fully saturated rings. The van der Waals surface area contributed by atoms with Crippen LogP contribution in [-0.4, -0.2) is 14.0 Å². The first-order valence-corrected chi connectivity index (χ1v) is 5.95. The van der Waals surface area contributed by atoms with E-state index in [4.69, 9.17) is 4.74 Å². The van der Waals surface area contributed by atoms with Crippen molar-refractivity contribution < 1.29 is 4.74 Å². The zero-order valence-corrected chi connectivity index (χ0v) is 10.5. The number of hydrogen-bond donors (Lipinski definition) is 0. The molecule has 0 amide bonds. The summed E-state index contributed by atoms with van der Waals surface area (Å²) in [6.45, 7) is 0.342. The summed E-state index contributed by atoms with van der Waals surface area (Å²) in [7, 11) is 1.71. The van der Waals surface area contributed by atoms with Crippen LogP contribution in [0.4, 0.5) is 0 Å². The molecule has 2 aromatic heterocycles. The summed E-state index contributed by atoms with van der Waals surface area (Å²) in [5.74, 6) is 0.785. The molecule has 0 saturated carbocycles. The minimum Gasteiger partial charge on any atom is -0.487 e. The fraction of sp³-hybridized carbons (Fsp3) is 0.143. The SMILES string of the molecule is Cn1ccc2nc(COc3ccccc3)cn2c1=O. The van der Waals surface area contributed by atoms with Gasteiger partial charge in [-0.05, 0) is 18.2 Å². The molecule has 5 heteroatoms. The predicted octanol–water partition coefficient (Wildman–Crippen LogP) is 1.61. The molecule has 1 aromatic carbocycles. The van der Waals surface area contributed by atoms with Crippen LogP contribution < -0.4 is 10.4 Å². The summed E-state index contributed by atoms with van der Waals surface area (Å²) >= 11 is 0. The minimum absolute atomic E-state index is 0.115. The van der Waals surface area contributed by atoms with Crippen molar-refractivity contribution in [1.82, 2.24) is 14.0 Å². The Kier molecular flexibility index (Phi) is 2.79. The lowest BCUT2D eigenvalue weighted by Crippen LogP contribution is -2.22. The molecule has 5 nitrogen and oxygen atoms in total. The molecular weight excluding hydrogens is 242 g/mol. The molecule has 0 aliphatic carbocycles. The minimum atomic E-state index is -0.115. The standard InChI is InChI=1S/C14H13N3O2/c1-16-8-7-13-15-11(9-17(13)14(16)18)10-19-12-5-3-2-4-6-12/h2-9H,10H2,1H3. The molecule has 0 atom stereocenters. The summed E-state index contributed by atoms with van der Waals surface area (Å²) in [5.41, 5.74) is 1.25. The molecule has 0 aliphatic rings. The molecule has 0 N–H and O–H groups in total. The van der Waals surface area contributed by atoms with Gasteiger partial charge in [0.1, 0.15) is 18.0 Å². The number of ether oxygens (including phenoxy) is 1. The summed E-state index contributed by atoms with van der Waals surface area (Å²) < 4.78 is 8.64. The summed E-state index contributed by atoms with van der Waals surface area (Å²) in [6, 6.07) is 11.3. The number of hydrogen-bond acceptors (Lipinski definition) is 3. The van der Waals surface area contributed by atoms with E-state index >= 15 is 0 Å². The quantitative estimate of drug-likeness (QED) is 0.714. The smallest absolute Gasteiger partial charge is 0.333 e. The Labute approximate surface area is 109 Å². The van der Waals surface area contributed by atoms with Crippen molar-refractivity contribution in [1.29, 1.82) is 0 Å². The lowest BCUT2D eigenvalue weighted by atomic mass is 10.3. The Bertz CT molecular complexity index is 759. The van der Waals surface area contributed by atoms with Crippen LogP contribution in [0.3, 0.4) is 0 Å². The highest BCUT2D eigenvalue weighted by Crippen LogP contribution is 2.11. The fourth-order valence-corrected chi connectivity index (χ4v) is 1.87. The number of rotatable bonds is 3. The maximum Gasteiger partial charge on any atom is 0.333 e.